The fourth-order valence-electron chi connectivity index (χ4n) is 7.42. The maximum atomic E-state index is 14.1. The molecule has 47 heavy (non-hydrogen) atoms. The van der Waals surface area contributed by atoms with Crippen molar-refractivity contribution < 1.29 is 18.5 Å². The monoisotopic (exact) mass is 628 g/mol. The highest BCUT2D eigenvalue weighted by Crippen LogP contribution is 2.61. The summed E-state index contributed by atoms with van der Waals surface area (Å²) in [5, 5.41) is 8.45. The Hall–Kier alpha value is -5.41. The fraction of sp³-hybridized carbons (Fsp3) is 0.0476. The van der Waals surface area contributed by atoms with Crippen molar-refractivity contribution >= 4 is 50.9 Å². The summed E-state index contributed by atoms with van der Waals surface area (Å²) in [5.74, 6) is 0.693. The average molecular weight is 629 g/mol. The predicted octanol–water partition coefficient (Wildman–Crippen LogP) is 11.8. The van der Waals surface area contributed by atoms with Crippen LogP contribution in [0.25, 0.3) is 76.5 Å². The normalized spacial score (nSPS) is 13.6. The van der Waals surface area contributed by atoms with Crippen LogP contribution in [0.4, 0.5) is 0 Å². The molecule has 226 valence electrons. The first-order valence-corrected chi connectivity index (χ1v) is 17.2. The second-order valence-corrected chi connectivity index (χ2v) is 13.6. The van der Waals surface area contributed by atoms with Crippen molar-refractivity contribution in [3.05, 3.63) is 145 Å². The molecule has 1 heterocycles. The van der Waals surface area contributed by atoms with Crippen LogP contribution in [0.5, 0.6) is 11.5 Å². The van der Waals surface area contributed by atoms with E-state index >= 15 is 0 Å². The number of rotatable bonds is 2. The van der Waals surface area contributed by atoms with Crippen LogP contribution < -0.4 is 9.05 Å². The third-order valence-electron chi connectivity index (χ3n) is 9.48. The second kappa shape index (κ2) is 10.3. The predicted molar refractivity (Wildman–Crippen MR) is 193 cm³/mol. The summed E-state index contributed by atoms with van der Waals surface area (Å²) >= 11 is 0. The van der Waals surface area contributed by atoms with Gasteiger partial charge in [0.25, 0.3) is 0 Å². The highest BCUT2D eigenvalue weighted by molar-refractivity contribution is 7.48. The molecule has 0 fully saturated rings. The van der Waals surface area contributed by atoms with Gasteiger partial charge >= 0.3 is 7.82 Å². The van der Waals surface area contributed by atoms with Crippen LogP contribution >= 0.6 is 7.82 Å². The van der Waals surface area contributed by atoms with E-state index in [0.717, 1.165) is 87.6 Å². The van der Waals surface area contributed by atoms with Gasteiger partial charge < -0.3 is 9.05 Å². The molecule has 9 rings (SSSR count). The number of fused-ring (bicyclic) bond motifs is 7. The molecule has 0 saturated carbocycles. The molecule has 0 bridgehead atoms. The van der Waals surface area contributed by atoms with Crippen molar-refractivity contribution in [2.24, 2.45) is 0 Å². The molecule has 0 aliphatic carbocycles. The van der Waals surface area contributed by atoms with Gasteiger partial charge in [0.2, 0.25) is 0 Å². The van der Waals surface area contributed by atoms with Gasteiger partial charge in [0.05, 0.1) is 0 Å². The van der Waals surface area contributed by atoms with Gasteiger partial charge in [-0.1, -0.05) is 121 Å². The molecule has 0 aromatic heterocycles. The van der Waals surface area contributed by atoms with E-state index < -0.39 is 7.82 Å². The number of aryl methyl sites for hydroxylation is 2. The third-order valence-corrected chi connectivity index (χ3v) is 10.3. The summed E-state index contributed by atoms with van der Waals surface area (Å²) < 4.78 is 26.5. The van der Waals surface area contributed by atoms with Crippen molar-refractivity contribution in [3.8, 4) is 44.9 Å². The molecule has 8 aromatic carbocycles. The van der Waals surface area contributed by atoms with E-state index in [0.29, 0.717) is 11.5 Å². The van der Waals surface area contributed by atoms with E-state index in [9.17, 15) is 9.46 Å². The lowest BCUT2D eigenvalue weighted by atomic mass is 9.85. The topological polar surface area (TPSA) is 55.8 Å². The quantitative estimate of drug-likeness (QED) is 0.153. The van der Waals surface area contributed by atoms with Crippen molar-refractivity contribution in [2.75, 3.05) is 0 Å². The largest absolute Gasteiger partial charge is 0.584 e. The van der Waals surface area contributed by atoms with Crippen LogP contribution in [0.3, 0.4) is 0 Å². The molecule has 4 nitrogen and oxygen atoms in total. The fourth-order valence-corrected chi connectivity index (χ4v) is 8.30. The summed E-state index contributed by atoms with van der Waals surface area (Å²) in [6.45, 7) is 4.04. The van der Waals surface area contributed by atoms with Crippen molar-refractivity contribution in [3.63, 3.8) is 0 Å². The Balaban J connectivity index is 1.42. The minimum Gasteiger partial charge on any atom is -0.394 e. The Morgan fingerprint density at radius 1 is 0.447 bits per heavy atom. The molecule has 0 atom stereocenters. The summed E-state index contributed by atoms with van der Waals surface area (Å²) in [7, 11) is -4.67. The molecular weight excluding hydrogens is 599 g/mol. The van der Waals surface area contributed by atoms with Crippen LogP contribution in [0.1, 0.15) is 11.1 Å². The SMILES string of the molecule is Cc1ccc(-c2c3ccccc3cc3ccccc23)c2c1-c1c(C)ccc(-c3c4ccccc4cc4ccccc34)c1OP(=O)(O)O2. The first kappa shape index (κ1) is 27.9. The first-order chi connectivity index (χ1) is 22.9. The smallest absolute Gasteiger partial charge is 0.394 e. The molecule has 1 aliphatic heterocycles. The van der Waals surface area contributed by atoms with Crippen LogP contribution in [-0.4, -0.2) is 4.89 Å². The minimum atomic E-state index is -4.67. The van der Waals surface area contributed by atoms with Gasteiger partial charge in [0.1, 0.15) is 11.5 Å². The summed E-state index contributed by atoms with van der Waals surface area (Å²) in [4.78, 5) is 11.5. The Kier molecular flexibility index (Phi) is 6.11. The molecule has 0 spiro atoms. The lowest BCUT2D eigenvalue weighted by Crippen LogP contribution is -2.00. The van der Waals surface area contributed by atoms with E-state index in [1.54, 1.807) is 0 Å². The average Bonchev–Trinajstić information content (AvgIpc) is 3.21. The molecule has 0 unspecified atom stereocenters. The second-order valence-electron chi connectivity index (χ2n) is 12.3. The summed E-state index contributed by atoms with van der Waals surface area (Å²) in [6, 6.07) is 45.5. The third kappa shape index (κ3) is 4.30. The number of benzene rings is 8. The molecule has 1 aliphatic rings. The Bertz CT molecular complexity index is 2370. The summed E-state index contributed by atoms with van der Waals surface area (Å²) in [6.07, 6.45) is 0. The van der Waals surface area contributed by atoms with Gasteiger partial charge in [0, 0.05) is 33.4 Å². The highest BCUT2D eigenvalue weighted by Gasteiger charge is 2.37. The van der Waals surface area contributed by atoms with Gasteiger partial charge in [-0.15, -0.1) is 0 Å². The minimum absolute atomic E-state index is 0.346. The van der Waals surface area contributed by atoms with Crippen molar-refractivity contribution in [2.45, 2.75) is 13.8 Å². The Morgan fingerprint density at radius 3 is 1.11 bits per heavy atom. The Morgan fingerprint density at radius 2 is 0.766 bits per heavy atom. The maximum Gasteiger partial charge on any atom is 0.584 e. The van der Waals surface area contributed by atoms with Crippen LogP contribution in [-0.2, 0) is 4.57 Å². The van der Waals surface area contributed by atoms with Crippen LogP contribution in [0.15, 0.2) is 133 Å². The van der Waals surface area contributed by atoms with E-state index in [4.69, 9.17) is 9.05 Å². The number of phosphoric acid groups is 1. The number of hydrogen-bond acceptors (Lipinski definition) is 3. The van der Waals surface area contributed by atoms with Gasteiger partial charge in [-0.05, 0) is 80.2 Å². The molecule has 0 radical (unpaired) electrons. The zero-order valence-corrected chi connectivity index (χ0v) is 26.7. The molecular formula is C42H29O4P. The van der Waals surface area contributed by atoms with Crippen molar-refractivity contribution in [1.29, 1.82) is 0 Å². The van der Waals surface area contributed by atoms with Gasteiger partial charge in [-0.25, -0.2) is 4.57 Å². The van der Waals surface area contributed by atoms with Crippen LogP contribution in [0.2, 0.25) is 0 Å². The van der Waals surface area contributed by atoms with Gasteiger partial charge in [-0.3, -0.25) is 4.89 Å². The number of hydrogen-bond donors (Lipinski definition) is 1. The number of phosphoric ester groups is 1. The van der Waals surface area contributed by atoms with E-state index in [-0.39, 0.29) is 0 Å². The molecule has 8 aromatic rings. The Labute approximate surface area is 272 Å². The lowest BCUT2D eigenvalue weighted by Gasteiger charge is -2.20. The molecule has 1 N–H and O–H groups in total. The van der Waals surface area contributed by atoms with E-state index in [1.807, 2.05) is 74.5 Å². The van der Waals surface area contributed by atoms with Crippen molar-refractivity contribution in [1.82, 2.24) is 0 Å². The van der Waals surface area contributed by atoms with Gasteiger partial charge in [-0.2, -0.15) is 0 Å². The van der Waals surface area contributed by atoms with E-state index in [1.165, 1.54) is 0 Å². The molecule has 0 saturated heterocycles. The standard InChI is InChI=1S/C42H29O4P/c1-25-19-21-35(39-31-15-7-3-11-27(31)23-28-12-4-8-16-32(28)39)41-37(25)38-26(2)20-22-36(42(38)46-47(43,44)45-41)40-33-17-9-5-13-29(33)24-30-14-6-10-18-34(30)40/h3-24H,1-2H3,(H,43,44). The van der Waals surface area contributed by atoms with Crippen LogP contribution in [0, 0.1) is 13.8 Å². The maximum absolute atomic E-state index is 14.1. The zero-order chi connectivity index (χ0) is 31.9. The molecule has 5 heteroatoms. The van der Waals surface area contributed by atoms with E-state index in [2.05, 4.69) is 72.8 Å². The highest BCUT2D eigenvalue weighted by atomic mass is 31.2. The summed E-state index contributed by atoms with van der Waals surface area (Å²) in [5.41, 5.74) is 6.73. The first-order valence-electron chi connectivity index (χ1n) is 15.7. The van der Waals surface area contributed by atoms with Gasteiger partial charge in [0.15, 0.2) is 0 Å². The lowest BCUT2D eigenvalue weighted by molar-refractivity contribution is 0.295. The zero-order valence-electron chi connectivity index (χ0n) is 25.8. The molecule has 0 amide bonds.